The Morgan fingerprint density at radius 1 is 0.431 bits per heavy atom. The first-order chi connectivity index (χ1) is 23.9. The monoisotopic (exact) mass is 701 g/mol. The maximum atomic E-state index is 8.66. The minimum atomic E-state index is -2.27. The van der Waals surface area contributed by atoms with Crippen molar-refractivity contribution in [2.45, 2.75) is 110 Å². The van der Waals surface area contributed by atoms with Crippen molar-refractivity contribution in [2.24, 2.45) is 0 Å². The molecule has 0 unspecified atom stereocenters. The van der Waals surface area contributed by atoms with Crippen molar-refractivity contribution in [3.8, 4) is 5.75 Å². The molecule has 0 aliphatic heterocycles. The molecule has 0 saturated heterocycles. The van der Waals surface area contributed by atoms with Gasteiger partial charge in [0.1, 0.15) is 34.2 Å². The van der Waals surface area contributed by atoms with Gasteiger partial charge in [0.25, 0.3) is 0 Å². The van der Waals surface area contributed by atoms with Gasteiger partial charge in [-0.1, -0.05) is 90.7 Å². The van der Waals surface area contributed by atoms with Crippen molar-refractivity contribution in [1.29, 1.82) is 0 Å². The maximum absolute atomic E-state index is 8.66. The van der Waals surface area contributed by atoms with Crippen LogP contribution in [0.2, 0.25) is 0 Å². The molecule has 51 heavy (non-hydrogen) atoms. The molecule has 5 aromatic rings. The fourth-order valence-electron chi connectivity index (χ4n) is 8.63. The molecule has 0 atom stereocenters. The average molecular weight is 702 g/mol. The van der Waals surface area contributed by atoms with Gasteiger partial charge in [0.15, 0.2) is 0 Å². The molecule has 0 fully saturated rings. The zero-order chi connectivity index (χ0) is 37.9. The van der Waals surface area contributed by atoms with Gasteiger partial charge < -0.3 is 14.7 Å². The van der Waals surface area contributed by atoms with E-state index in [-0.39, 0.29) is 0 Å². The van der Waals surface area contributed by atoms with Crippen molar-refractivity contribution in [3.05, 3.63) is 145 Å². The Hall–Kier alpha value is -3.69. The van der Waals surface area contributed by atoms with E-state index in [1.54, 1.807) is 15.9 Å². The Morgan fingerprint density at radius 2 is 0.706 bits per heavy atom. The first kappa shape index (κ1) is 40.1. The summed E-state index contributed by atoms with van der Waals surface area (Å²) >= 11 is 0. The zero-order valence-electron chi connectivity index (χ0n) is 33.6. The van der Waals surface area contributed by atoms with Gasteiger partial charge in [-0.15, -0.1) is 0 Å². The van der Waals surface area contributed by atoms with Gasteiger partial charge in [-0.3, -0.25) is 0 Å². The Morgan fingerprint density at radius 3 is 0.961 bits per heavy atom. The number of rotatable bonds is 8. The molecular weight excluding hydrogens is 642 g/mol. The average Bonchev–Trinajstić information content (AvgIpc) is 3.01. The van der Waals surface area contributed by atoms with Gasteiger partial charge in [-0.25, -0.2) is 0 Å². The molecule has 5 rings (SSSR count). The molecule has 0 heterocycles. The van der Waals surface area contributed by atoms with Crippen molar-refractivity contribution in [2.75, 3.05) is 0 Å². The van der Waals surface area contributed by atoms with Crippen LogP contribution in [0.1, 0.15) is 91.7 Å². The molecule has 0 spiro atoms. The van der Waals surface area contributed by atoms with E-state index in [1.165, 1.54) is 66.5 Å². The summed E-state index contributed by atoms with van der Waals surface area (Å²) in [6.45, 7) is 31.2. The van der Waals surface area contributed by atoms with Crippen LogP contribution in [0, 0.1) is 83.1 Å². The van der Waals surface area contributed by atoms with E-state index in [1.807, 2.05) is 32.9 Å². The van der Waals surface area contributed by atoms with Crippen LogP contribution in [0.4, 0.5) is 0 Å². The second kappa shape index (κ2) is 16.3. The first-order valence-corrected chi connectivity index (χ1v) is 20.1. The molecule has 0 saturated carbocycles. The molecule has 0 aromatic heterocycles. The van der Waals surface area contributed by atoms with Crippen molar-refractivity contribution in [1.82, 2.24) is 0 Å². The SMILES string of the molecule is CCc1cc(CC)cc([P+](c2c(C)cc(C)cc2C)(c2c(C)cc(C)cc2C)c2c(C)cc(C)cc2C)c1.Cc1cc(C)c(OB(O)O)c(C)c1. The summed E-state index contributed by atoms with van der Waals surface area (Å²) in [5.74, 6) is 0.542. The summed E-state index contributed by atoms with van der Waals surface area (Å²) in [7, 11) is -4.02. The minimum absolute atomic E-state index is 0.542. The van der Waals surface area contributed by atoms with Crippen LogP contribution in [0.25, 0.3) is 0 Å². The fraction of sp³-hybridized carbons (Fsp3) is 0.348. The number of hydrogen-bond donors (Lipinski definition) is 2. The predicted molar refractivity (Wildman–Crippen MR) is 224 cm³/mol. The van der Waals surface area contributed by atoms with Gasteiger partial charge in [0.05, 0.1) is 0 Å². The van der Waals surface area contributed by atoms with Crippen molar-refractivity contribution < 1.29 is 14.7 Å². The van der Waals surface area contributed by atoms with E-state index in [0.717, 1.165) is 29.5 Å². The Labute approximate surface area is 309 Å². The topological polar surface area (TPSA) is 49.7 Å². The van der Waals surface area contributed by atoms with E-state index in [9.17, 15) is 0 Å². The number of hydrogen-bond acceptors (Lipinski definition) is 3. The van der Waals surface area contributed by atoms with E-state index in [2.05, 4.69) is 131 Å². The van der Waals surface area contributed by atoms with Gasteiger partial charge in [0, 0.05) is 0 Å². The van der Waals surface area contributed by atoms with Crippen LogP contribution >= 0.6 is 7.26 Å². The molecule has 0 aliphatic carbocycles. The zero-order valence-corrected chi connectivity index (χ0v) is 34.5. The quantitative estimate of drug-likeness (QED) is 0.125. The first-order valence-electron chi connectivity index (χ1n) is 18.3. The lowest BCUT2D eigenvalue weighted by molar-refractivity contribution is 0.286. The standard InChI is InChI=1S/C37H46P.C9H13BO3/c1-12-32-20-33(13-2)22-34(21-32)38(35-26(6)14-23(3)15-27(35)7,36-28(8)16-24(4)17-29(36)9)37-30(10)18-25(5)19-31(37)11;1-6-4-7(2)9(8(3)5-6)13-10(11)12/h14-22H,12-13H2,1-11H3;4-5,11-12H,1-3H3/q+1;. The highest BCUT2D eigenvalue weighted by Crippen LogP contribution is 2.59. The number of benzene rings is 5. The van der Waals surface area contributed by atoms with E-state index in [0.29, 0.717) is 5.75 Å². The fourth-order valence-corrected chi connectivity index (χ4v) is 14.4. The molecule has 0 bridgehead atoms. The Balaban J connectivity index is 0.000000378. The normalized spacial score (nSPS) is 11.3. The molecule has 3 nitrogen and oxygen atoms in total. The third kappa shape index (κ3) is 8.36. The molecule has 5 aromatic carbocycles. The maximum Gasteiger partial charge on any atom is 0.707 e. The van der Waals surface area contributed by atoms with Crippen molar-refractivity contribution >= 4 is 35.8 Å². The highest BCUT2D eigenvalue weighted by molar-refractivity contribution is 8.02. The third-order valence-corrected chi connectivity index (χ3v) is 15.1. The van der Waals surface area contributed by atoms with Gasteiger partial charge >= 0.3 is 7.32 Å². The Bertz CT molecular complexity index is 1810. The molecule has 0 amide bonds. The number of aryl methyl sites for hydroxylation is 14. The third-order valence-electron chi connectivity index (χ3n) is 9.98. The van der Waals surface area contributed by atoms with Crippen molar-refractivity contribution in [3.63, 3.8) is 0 Å². The largest absolute Gasteiger partial charge is 0.707 e. The van der Waals surface area contributed by atoms with Gasteiger partial charge in [0.2, 0.25) is 0 Å². The summed E-state index contributed by atoms with van der Waals surface area (Å²) in [4.78, 5) is 0. The lowest BCUT2D eigenvalue weighted by atomic mass is 10.1. The van der Waals surface area contributed by atoms with Crippen LogP contribution in [0.5, 0.6) is 5.75 Å². The molecule has 268 valence electrons. The summed E-state index contributed by atoms with van der Waals surface area (Å²) in [6.07, 6.45) is 2.09. The van der Waals surface area contributed by atoms with E-state index < -0.39 is 14.6 Å². The Kier molecular flexibility index (Phi) is 12.8. The highest BCUT2D eigenvalue weighted by Gasteiger charge is 2.53. The van der Waals surface area contributed by atoms with E-state index in [4.69, 9.17) is 14.7 Å². The lowest BCUT2D eigenvalue weighted by Gasteiger charge is -2.35. The molecule has 0 radical (unpaired) electrons. The van der Waals surface area contributed by atoms with Crippen LogP contribution in [0.3, 0.4) is 0 Å². The predicted octanol–water partition coefficient (Wildman–Crippen LogP) is 9.17. The second-order valence-corrected chi connectivity index (χ2v) is 18.0. The van der Waals surface area contributed by atoms with Crippen LogP contribution in [-0.4, -0.2) is 17.4 Å². The smallest absolute Gasteiger partial charge is 0.512 e. The summed E-state index contributed by atoms with van der Waals surface area (Å²) in [5.41, 5.74) is 18.3. The highest BCUT2D eigenvalue weighted by atomic mass is 31.2. The molecule has 0 aliphatic rings. The lowest BCUT2D eigenvalue weighted by Crippen LogP contribution is -2.45. The van der Waals surface area contributed by atoms with Gasteiger partial charge in [-0.2, -0.15) is 0 Å². The minimum Gasteiger partial charge on any atom is -0.512 e. The second-order valence-electron chi connectivity index (χ2n) is 14.8. The summed E-state index contributed by atoms with van der Waals surface area (Å²) in [6, 6.07) is 25.9. The summed E-state index contributed by atoms with van der Waals surface area (Å²) < 4.78 is 4.84. The summed E-state index contributed by atoms with van der Waals surface area (Å²) in [5, 5.41) is 23.5. The molecule has 2 N–H and O–H groups in total. The molecular formula is C46H59BO3P+. The van der Waals surface area contributed by atoms with Crippen LogP contribution < -0.4 is 25.9 Å². The van der Waals surface area contributed by atoms with Crippen LogP contribution in [0.15, 0.2) is 66.7 Å². The molecule has 5 heteroatoms. The van der Waals surface area contributed by atoms with Gasteiger partial charge in [-0.05, 0) is 164 Å². The van der Waals surface area contributed by atoms with Crippen LogP contribution in [-0.2, 0) is 12.8 Å². The van der Waals surface area contributed by atoms with E-state index >= 15 is 0 Å².